The van der Waals surface area contributed by atoms with Gasteiger partial charge in [0, 0.05) is 6.42 Å². The van der Waals surface area contributed by atoms with E-state index in [9.17, 15) is 4.79 Å². The SMILES string of the molecule is O=C1CCc2ccccc2Oc2ccccc21. The first-order valence-corrected chi connectivity index (χ1v) is 5.72. The van der Waals surface area contributed by atoms with Crippen LogP contribution in [0, 0.1) is 0 Å². The molecule has 2 heteroatoms. The minimum atomic E-state index is 0.148. The first kappa shape index (κ1) is 10.1. The Kier molecular flexibility index (Phi) is 2.41. The van der Waals surface area contributed by atoms with Crippen LogP contribution in [0.2, 0.25) is 0 Å². The molecule has 2 aromatic carbocycles. The van der Waals surface area contributed by atoms with Crippen LogP contribution in [0.5, 0.6) is 11.5 Å². The van der Waals surface area contributed by atoms with Gasteiger partial charge >= 0.3 is 0 Å². The zero-order chi connectivity index (χ0) is 11.7. The number of hydrogen-bond donors (Lipinski definition) is 0. The lowest BCUT2D eigenvalue weighted by molar-refractivity contribution is 0.0978. The Morgan fingerprint density at radius 3 is 2.41 bits per heavy atom. The number of rotatable bonds is 0. The van der Waals surface area contributed by atoms with Crippen LogP contribution in [0.1, 0.15) is 22.3 Å². The number of para-hydroxylation sites is 2. The normalized spacial score (nSPS) is 14.0. The van der Waals surface area contributed by atoms with Gasteiger partial charge in [0.05, 0.1) is 5.56 Å². The predicted molar refractivity (Wildman–Crippen MR) is 65.6 cm³/mol. The number of hydrogen-bond acceptors (Lipinski definition) is 2. The standard InChI is InChI=1S/C15H12O2/c16-13-10-9-11-5-1-3-7-14(11)17-15-8-4-2-6-12(13)15/h1-8H,9-10H2. The van der Waals surface area contributed by atoms with Crippen molar-refractivity contribution in [3.8, 4) is 11.5 Å². The highest BCUT2D eigenvalue weighted by atomic mass is 16.5. The van der Waals surface area contributed by atoms with Crippen LogP contribution in [0.4, 0.5) is 0 Å². The smallest absolute Gasteiger partial charge is 0.166 e. The molecule has 1 aliphatic rings. The Labute approximate surface area is 99.9 Å². The number of fused-ring (bicyclic) bond motifs is 2. The molecule has 2 nitrogen and oxygen atoms in total. The Balaban J connectivity index is 2.12. The summed E-state index contributed by atoms with van der Waals surface area (Å²) in [6.07, 6.45) is 1.28. The third-order valence-corrected chi connectivity index (χ3v) is 3.00. The number of ketones is 1. The van der Waals surface area contributed by atoms with E-state index < -0.39 is 0 Å². The van der Waals surface area contributed by atoms with Crippen molar-refractivity contribution in [3.05, 3.63) is 59.7 Å². The molecule has 0 saturated carbocycles. The number of carbonyl (C=O) groups excluding carboxylic acids is 1. The van der Waals surface area contributed by atoms with Crippen molar-refractivity contribution in [2.24, 2.45) is 0 Å². The summed E-state index contributed by atoms with van der Waals surface area (Å²) in [5.41, 5.74) is 1.78. The van der Waals surface area contributed by atoms with Crippen LogP contribution < -0.4 is 4.74 Å². The van der Waals surface area contributed by atoms with Gasteiger partial charge in [-0.25, -0.2) is 0 Å². The molecule has 0 aliphatic carbocycles. The first-order valence-electron chi connectivity index (χ1n) is 5.72. The van der Waals surface area contributed by atoms with Crippen LogP contribution in [-0.2, 0) is 6.42 Å². The van der Waals surface area contributed by atoms with Crippen molar-refractivity contribution in [2.45, 2.75) is 12.8 Å². The Morgan fingerprint density at radius 2 is 1.53 bits per heavy atom. The maximum atomic E-state index is 12.0. The van der Waals surface area contributed by atoms with Crippen LogP contribution in [0.3, 0.4) is 0 Å². The topological polar surface area (TPSA) is 26.3 Å². The van der Waals surface area contributed by atoms with Crippen LogP contribution in [-0.4, -0.2) is 5.78 Å². The van der Waals surface area contributed by atoms with E-state index in [1.165, 1.54) is 0 Å². The molecule has 1 aliphatic heterocycles. The summed E-state index contributed by atoms with van der Waals surface area (Å²) in [6.45, 7) is 0. The van der Waals surface area contributed by atoms with Crippen LogP contribution in [0.25, 0.3) is 0 Å². The summed E-state index contributed by atoms with van der Waals surface area (Å²) in [7, 11) is 0. The molecule has 0 radical (unpaired) electrons. The lowest BCUT2D eigenvalue weighted by Crippen LogP contribution is -2.07. The average molecular weight is 224 g/mol. The average Bonchev–Trinajstić information content (AvgIpc) is 2.36. The third kappa shape index (κ3) is 1.82. The molecule has 0 fully saturated rings. The molecule has 3 rings (SSSR count). The van der Waals surface area contributed by atoms with E-state index in [0.29, 0.717) is 17.7 Å². The largest absolute Gasteiger partial charge is 0.456 e. The van der Waals surface area contributed by atoms with Gasteiger partial charge in [0.15, 0.2) is 5.78 Å². The van der Waals surface area contributed by atoms with Gasteiger partial charge in [-0.1, -0.05) is 30.3 Å². The molecule has 0 spiro atoms. The molecular formula is C15H12O2. The lowest BCUT2D eigenvalue weighted by atomic mass is 10.00. The van der Waals surface area contributed by atoms with E-state index in [0.717, 1.165) is 17.7 Å². The fourth-order valence-electron chi connectivity index (χ4n) is 2.10. The molecule has 17 heavy (non-hydrogen) atoms. The zero-order valence-corrected chi connectivity index (χ0v) is 9.35. The van der Waals surface area contributed by atoms with Gasteiger partial charge in [-0.2, -0.15) is 0 Å². The quantitative estimate of drug-likeness (QED) is 0.683. The van der Waals surface area contributed by atoms with E-state index in [2.05, 4.69) is 0 Å². The molecule has 0 N–H and O–H groups in total. The predicted octanol–water partition coefficient (Wildman–Crippen LogP) is 3.61. The summed E-state index contributed by atoms with van der Waals surface area (Å²) in [5.74, 6) is 1.66. The van der Waals surface area contributed by atoms with E-state index in [1.54, 1.807) is 0 Å². The number of aryl methyl sites for hydroxylation is 1. The van der Waals surface area contributed by atoms with Crippen molar-refractivity contribution in [1.82, 2.24) is 0 Å². The summed E-state index contributed by atoms with van der Waals surface area (Å²) < 4.78 is 5.83. The summed E-state index contributed by atoms with van der Waals surface area (Å²) >= 11 is 0. The highest BCUT2D eigenvalue weighted by Crippen LogP contribution is 2.32. The zero-order valence-electron chi connectivity index (χ0n) is 9.35. The Morgan fingerprint density at radius 1 is 0.824 bits per heavy atom. The van der Waals surface area contributed by atoms with E-state index in [4.69, 9.17) is 4.74 Å². The van der Waals surface area contributed by atoms with Crippen molar-refractivity contribution in [1.29, 1.82) is 0 Å². The Hall–Kier alpha value is -2.09. The van der Waals surface area contributed by atoms with Gasteiger partial charge in [0.25, 0.3) is 0 Å². The summed E-state index contributed by atoms with van der Waals surface area (Å²) in [6, 6.07) is 15.3. The number of carbonyl (C=O) groups is 1. The van der Waals surface area contributed by atoms with Gasteiger partial charge in [0.1, 0.15) is 11.5 Å². The number of Topliss-reactive ketones (excluding diaryl/α,β-unsaturated/α-hetero) is 1. The molecule has 0 atom stereocenters. The van der Waals surface area contributed by atoms with Crippen molar-refractivity contribution in [3.63, 3.8) is 0 Å². The highest BCUT2D eigenvalue weighted by Gasteiger charge is 2.17. The second-order valence-electron chi connectivity index (χ2n) is 4.13. The maximum Gasteiger partial charge on any atom is 0.166 e. The third-order valence-electron chi connectivity index (χ3n) is 3.00. The molecule has 0 unspecified atom stereocenters. The molecule has 0 bridgehead atoms. The molecule has 1 heterocycles. The van der Waals surface area contributed by atoms with E-state index in [-0.39, 0.29) is 5.78 Å². The molecule has 0 amide bonds. The molecule has 84 valence electrons. The maximum absolute atomic E-state index is 12.0. The Bertz CT molecular complexity index is 573. The highest BCUT2D eigenvalue weighted by molar-refractivity contribution is 5.99. The van der Waals surface area contributed by atoms with E-state index >= 15 is 0 Å². The molecular weight excluding hydrogens is 212 g/mol. The van der Waals surface area contributed by atoms with Crippen molar-refractivity contribution < 1.29 is 9.53 Å². The second-order valence-corrected chi connectivity index (χ2v) is 4.13. The monoisotopic (exact) mass is 224 g/mol. The summed E-state index contributed by atoms with van der Waals surface area (Å²) in [4.78, 5) is 12.0. The molecule has 2 aromatic rings. The summed E-state index contributed by atoms with van der Waals surface area (Å²) in [5, 5.41) is 0. The molecule has 0 aromatic heterocycles. The second kappa shape index (κ2) is 4.06. The van der Waals surface area contributed by atoms with Gasteiger partial charge in [0.2, 0.25) is 0 Å². The fourth-order valence-corrected chi connectivity index (χ4v) is 2.10. The van der Waals surface area contributed by atoms with Gasteiger partial charge in [-0.3, -0.25) is 4.79 Å². The van der Waals surface area contributed by atoms with Crippen molar-refractivity contribution >= 4 is 5.78 Å². The van der Waals surface area contributed by atoms with E-state index in [1.807, 2.05) is 48.5 Å². The van der Waals surface area contributed by atoms with Crippen LogP contribution >= 0.6 is 0 Å². The van der Waals surface area contributed by atoms with Gasteiger partial charge < -0.3 is 4.74 Å². The fraction of sp³-hybridized carbons (Fsp3) is 0.133. The minimum Gasteiger partial charge on any atom is -0.456 e. The van der Waals surface area contributed by atoms with Crippen LogP contribution in [0.15, 0.2) is 48.5 Å². The number of benzene rings is 2. The molecule has 0 saturated heterocycles. The van der Waals surface area contributed by atoms with Crippen molar-refractivity contribution in [2.75, 3.05) is 0 Å². The van der Waals surface area contributed by atoms with Gasteiger partial charge in [-0.05, 0) is 30.2 Å². The minimum absolute atomic E-state index is 0.148. The first-order chi connectivity index (χ1) is 8.34. The lowest BCUT2D eigenvalue weighted by Gasteiger charge is -2.16. The van der Waals surface area contributed by atoms with Gasteiger partial charge in [-0.15, -0.1) is 0 Å². The number of ether oxygens (including phenoxy) is 1.